The van der Waals surface area contributed by atoms with Crippen LogP contribution in [0.3, 0.4) is 0 Å². The van der Waals surface area contributed by atoms with Crippen LogP contribution in [-0.4, -0.2) is 13.1 Å². The predicted octanol–water partition coefficient (Wildman–Crippen LogP) is 4.81. The number of hydrogen-bond donors (Lipinski definition) is 0. The lowest BCUT2D eigenvalue weighted by atomic mass is 10.1. The van der Waals surface area contributed by atoms with Crippen molar-refractivity contribution in [3.8, 4) is 0 Å². The van der Waals surface area contributed by atoms with Crippen molar-refractivity contribution in [1.29, 1.82) is 0 Å². The van der Waals surface area contributed by atoms with Crippen LogP contribution in [0, 0.1) is 6.92 Å². The van der Waals surface area contributed by atoms with Crippen LogP contribution in [0.15, 0.2) is 48.7 Å². The fourth-order valence-corrected chi connectivity index (χ4v) is 3.54. The summed E-state index contributed by atoms with van der Waals surface area (Å²) in [7, 11) is -1.43. The second-order valence-electron chi connectivity index (χ2n) is 5.93. The van der Waals surface area contributed by atoms with Gasteiger partial charge in [0.15, 0.2) is 0 Å². The number of aryl methyl sites for hydroxylation is 1. The number of nitrogens with zero attached hydrogens (tertiary/aromatic N) is 1. The second-order valence-corrected chi connectivity index (χ2v) is 11.0. The number of rotatable bonds is 3. The van der Waals surface area contributed by atoms with E-state index >= 15 is 0 Å². The number of aromatic nitrogens is 1. The van der Waals surface area contributed by atoms with Crippen LogP contribution in [0.5, 0.6) is 0 Å². The first-order valence-electron chi connectivity index (χ1n) is 6.67. The molecule has 0 aliphatic heterocycles. The van der Waals surface area contributed by atoms with Crippen LogP contribution >= 0.6 is 0 Å². The standard InChI is InChI=1S/C17H21NSi/c1-14-8-10-15(11-9-14)13-17(19(2,3)4)16-7-5-6-12-18-16/h5-13H,1-4H3/b17-13-. The molecule has 98 valence electrons. The lowest BCUT2D eigenvalue weighted by Crippen LogP contribution is -2.23. The fourth-order valence-electron chi connectivity index (χ4n) is 2.03. The monoisotopic (exact) mass is 267 g/mol. The molecule has 0 bridgehead atoms. The van der Waals surface area contributed by atoms with E-state index in [9.17, 15) is 0 Å². The van der Waals surface area contributed by atoms with Crippen LogP contribution in [0.4, 0.5) is 0 Å². The van der Waals surface area contributed by atoms with E-state index in [-0.39, 0.29) is 0 Å². The third-order valence-corrected chi connectivity index (χ3v) is 5.15. The summed E-state index contributed by atoms with van der Waals surface area (Å²) in [5, 5.41) is 1.40. The lowest BCUT2D eigenvalue weighted by Gasteiger charge is -2.20. The Hall–Kier alpha value is -1.67. The molecule has 2 aromatic rings. The molecule has 0 unspecified atom stereocenters. The first-order valence-corrected chi connectivity index (χ1v) is 10.2. The summed E-state index contributed by atoms with van der Waals surface area (Å²) in [6.07, 6.45) is 4.17. The Morgan fingerprint density at radius 2 is 1.68 bits per heavy atom. The minimum Gasteiger partial charge on any atom is -0.257 e. The SMILES string of the molecule is Cc1ccc(/C=C(/c2ccccn2)[Si](C)(C)C)cc1. The minimum absolute atomic E-state index is 1.11. The van der Waals surface area contributed by atoms with E-state index in [1.165, 1.54) is 16.3 Å². The zero-order chi connectivity index (χ0) is 13.9. The van der Waals surface area contributed by atoms with Gasteiger partial charge in [-0.2, -0.15) is 0 Å². The molecule has 0 fully saturated rings. The fraction of sp³-hybridized carbons (Fsp3) is 0.235. The molecule has 0 saturated carbocycles. The van der Waals surface area contributed by atoms with Crippen molar-refractivity contribution in [2.45, 2.75) is 26.6 Å². The largest absolute Gasteiger partial charge is 0.257 e. The van der Waals surface area contributed by atoms with Crippen molar-refractivity contribution in [3.63, 3.8) is 0 Å². The van der Waals surface area contributed by atoms with Crippen LogP contribution in [0.25, 0.3) is 11.3 Å². The molecule has 1 aromatic heterocycles. The van der Waals surface area contributed by atoms with Crippen molar-refractivity contribution in [2.75, 3.05) is 0 Å². The molecule has 0 N–H and O–H groups in total. The Bertz CT molecular complexity index is 562. The van der Waals surface area contributed by atoms with E-state index in [4.69, 9.17) is 0 Å². The van der Waals surface area contributed by atoms with Gasteiger partial charge in [0.25, 0.3) is 0 Å². The summed E-state index contributed by atoms with van der Waals surface area (Å²) >= 11 is 0. The van der Waals surface area contributed by atoms with Gasteiger partial charge in [0, 0.05) is 6.20 Å². The molecular weight excluding hydrogens is 246 g/mol. The van der Waals surface area contributed by atoms with Crippen molar-refractivity contribution in [1.82, 2.24) is 4.98 Å². The summed E-state index contributed by atoms with van der Waals surface area (Å²) < 4.78 is 0. The molecule has 0 aliphatic carbocycles. The van der Waals surface area contributed by atoms with Gasteiger partial charge in [0.2, 0.25) is 0 Å². The van der Waals surface area contributed by atoms with Gasteiger partial charge < -0.3 is 0 Å². The first kappa shape index (κ1) is 13.8. The van der Waals surface area contributed by atoms with Gasteiger partial charge in [-0.25, -0.2) is 0 Å². The lowest BCUT2D eigenvalue weighted by molar-refractivity contribution is 1.29. The van der Waals surface area contributed by atoms with E-state index in [1.807, 2.05) is 12.3 Å². The molecule has 2 heteroatoms. The average molecular weight is 267 g/mol. The summed E-state index contributed by atoms with van der Waals surface area (Å²) in [4.78, 5) is 4.53. The summed E-state index contributed by atoms with van der Waals surface area (Å²) in [5.74, 6) is 0. The normalized spacial score (nSPS) is 12.5. The molecule has 1 aromatic carbocycles. The van der Waals surface area contributed by atoms with Crippen molar-refractivity contribution >= 4 is 19.3 Å². The molecule has 1 heterocycles. The Balaban J connectivity index is 2.47. The van der Waals surface area contributed by atoms with Gasteiger partial charge in [0.1, 0.15) is 0 Å². The summed E-state index contributed by atoms with van der Waals surface area (Å²) in [5.41, 5.74) is 3.67. The van der Waals surface area contributed by atoms with Crippen LogP contribution < -0.4 is 0 Å². The molecule has 0 aliphatic rings. The quantitative estimate of drug-likeness (QED) is 0.727. The third kappa shape index (κ3) is 3.64. The summed E-state index contributed by atoms with van der Waals surface area (Å²) in [6.45, 7) is 9.21. The molecule has 0 amide bonds. The average Bonchev–Trinajstić information content (AvgIpc) is 2.37. The van der Waals surface area contributed by atoms with Crippen LogP contribution in [0.2, 0.25) is 19.6 Å². The highest BCUT2D eigenvalue weighted by Crippen LogP contribution is 2.26. The molecule has 0 atom stereocenters. The minimum atomic E-state index is -1.43. The van der Waals surface area contributed by atoms with Gasteiger partial charge in [0.05, 0.1) is 13.8 Å². The van der Waals surface area contributed by atoms with Gasteiger partial charge in [-0.3, -0.25) is 4.98 Å². The maximum atomic E-state index is 4.53. The van der Waals surface area contributed by atoms with Crippen molar-refractivity contribution < 1.29 is 0 Å². The zero-order valence-electron chi connectivity index (χ0n) is 12.1. The maximum Gasteiger partial charge on any atom is 0.0804 e. The Morgan fingerprint density at radius 1 is 1.00 bits per heavy atom. The molecule has 0 radical (unpaired) electrons. The van der Waals surface area contributed by atoms with Crippen LogP contribution in [0.1, 0.15) is 16.8 Å². The van der Waals surface area contributed by atoms with E-state index in [0.717, 1.165) is 5.69 Å². The highest BCUT2D eigenvalue weighted by molar-refractivity contribution is 6.94. The molecule has 0 spiro atoms. The van der Waals surface area contributed by atoms with Crippen molar-refractivity contribution in [2.24, 2.45) is 0 Å². The van der Waals surface area contributed by atoms with Crippen molar-refractivity contribution in [3.05, 3.63) is 65.5 Å². The van der Waals surface area contributed by atoms with Gasteiger partial charge in [-0.05, 0) is 29.8 Å². The van der Waals surface area contributed by atoms with Gasteiger partial charge in [-0.15, -0.1) is 0 Å². The van der Waals surface area contributed by atoms with Crippen LogP contribution in [-0.2, 0) is 0 Å². The molecule has 19 heavy (non-hydrogen) atoms. The first-order chi connectivity index (χ1) is 8.97. The van der Waals surface area contributed by atoms with E-state index in [2.05, 4.69) is 74.0 Å². The Labute approximate surface area is 117 Å². The number of pyridine rings is 1. The number of hydrogen-bond acceptors (Lipinski definition) is 1. The number of benzene rings is 1. The van der Waals surface area contributed by atoms with Gasteiger partial charge in [-0.1, -0.05) is 61.6 Å². The highest BCUT2D eigenvalue weighted by atomic mass is 28.3. The smallest absolute Gasteiger partial charge is 0.0804 e. The second kappa shape index (κ2) is 5.53. The van der Waals surface area contributed by atoms with E-state index in [1.54, 1.807) is 0 Å². The summed E-state index contributed by atoms with van der Waals surface area (Å²) in [6, 6.07) is 14.8. The highest BCUT2D eigenvalue weighted by Gasteiger charge is 2.21. The maximum absolute atomic E-state index is 4.53. The zero-order valence-corrected chi connectivity index (χ0v) is 13.1. The molecule has 1 nitrogen and oxygen atoms in total. The van der Waals surface area contributed by atoms with E-state index in [0.29, 0.717) is 0 Å². The van der Waals surface area contributed by atoms with Gasteiger partial charge >= 0.3 is 0 Å². The Kier molecular flexibility index (Phi) is 4.01. The third-order valence-electron chi connectivity index (χ3n) is 3.14. The molecular formula is C17H21NSi. The van der Waals surface area contributed by atoms with E-state index < -0.39 is 8.07 Å². The Morgan fingerprint density at radius 3 is 2.21 bits per heavy atom. The predicted molar refractivity (Wildman–Crippen MR) is 86.6 cm³/mol. The molecule has 2 rings (SSSR count). The molecule has 0 saturated heterocycles. The topological polar surface area (TPSA) is 12.9 Å².